The number of anilines is 1. The van der Waals surface area contributed by atoms with E-state index in [1.807, 2.05) is 0 Å². The lowest BCUT2D eigenvalue weighted by molar-refractivity contribution is -0.137. The molecule has 2 aromatic carbocycles. The van der Waals surface area contributed by atoms with Gasteiger partial charge in [-0.2, -0.15) is 13.2 Å². The summed E-state index contributed by atoms with van der Waals surface area (Å²) >= 11 is 0. The molecule has 0 spiro atoms. The van der Waals surface area contributed by atoms with E-state index in [0.29, 0.717) is 29.4 Å². The lowest BCUT2D eigenvalue weighted by Gasteiger charge is -2.41. The van der Waals surface area contributed by atoms with Gasteiger partial charge in [0.2, 0.25) is 0 Å². The molecule has 0 unspecified atom stereocenters. The number of fused-ring (bicyclic) bond motifs is 1. The molecule has 0 amide bonds. The number of rotatable bonds is 3. The summed E-state index contributed by atoms with van der Waals surface area (Å²) in [7, 11) is 0. The van der Waals surface area contributed by atoms with Crippen molar-refractivity contribution in [3.63, 3.8) is 0 Å². The number of hydrogen-bond donors (Lipinski definition) is 3. The largest absolute Gasteiger partial charge is 0.507 e. The highest BCUT2D eigenvalue weighted by molar-refractivity contribution is 6.01. The zero-order chi connectivity index (χ0) is 21.7. The predicted molar refractivity (Wildman–Crippen MR) is 107 cm³/mol. The number of phenols is 1. The molecule has 0 saturated heterocycles. The summed E-state index contributed by atoms with van der Waals surface area (Å²) in [5.41, 5.74) is -0.606. The summed E-state index contributed by atoms with van der Waals surface area (Å²) in [5, 5.41) is 32.2. The third-order valence-corrected chi connectivity index (χ3v) is 5.24. The summed E-state index contributed by atoms with van der Waals surface area (Å²) in [6.45, 7) is 1.70. The number of alkyl halides is 3. The van der Waals surface area contributed by atoms with Crippen LogP contribution in [0.3, 0.4) is 0 Å². The van der Waals surface area contributed by atoms with Crippen LogP contribution < -0.4 is 5.32 Å². The van der Waals surface area contributed by atoms with Gasteiger partial charge >= 0.3 is 6.18 Å². The number of hydrogen-bond acceptors (Lipinski definition) is 5. The van der Waals surface area contributed by atoms with E-state index in [1.54, 1.807) is 19.1 Å². The van der Waals surface area contributed by atoms with Gasteiger partial charge in [0, 0.05) is 27.9 Å². The molecule has 154 valence electrons. The molecule has 30 heavy (non-hydrogen) atoms. The molecule has 1 heterocycles. The molecule has 1 fully saturated rings. The Hall–Kier alpha value is -3.31. The van der Waals surface area contributed by atoms with Gasteiger partial charge in [-0.05, 0) is 50.1 Å². The Bertz CT molecular complexity index is 1170. The van der Waals surface area contributed by atoms with E-state index in [1.165, 1.54) is 12.1 Å². The van der Waals surface area contributed by atoms with Gasteiger partial charge in [0.15, 0.2) is 5.82 Å². The zero-order valence-corrected chi connectivity index (χ0v) is 16.0. The van der Waals surface area contributed by atoms with Crippen LogP contribution in [0.2, 0.25) is 0 Å². The first-order valence-corrected chi connectivity index (χ1v) is 9.24. The van der Waals surface area contributed by atoms with Crippen LogP contribution in [0.5, 0.6) is 5.75 Å². The highest BCUT2D eigenvalue weighted by Gasteiger charge is 2.39. The maximum Gasteiger partial charge on any atom is 0.416 e. The first-order chi connectivity index (χ1) is 14.1. The maximum absolute atomic E-state index is 13.3. The van der Waals surface area contributed by atoms with Crippen molar-refractivity contribution in [1.82, 2.24) is 10.2 Å². The third-order valence-electron chi connectivity index (χ3n) is 5.24. The fourth-order valence-corrected chi connectivity index (χ4v) is 3.76. The maximum atomic E-state index is 13.3. The molecule has 1 aliphatic carbocycles. The standard InChI is InChI=1S/C22H18F3N3O2/c1-3-12-4-6-16(18(29)8-12)19-15-7-5-13(22(23,24)25)9-17(15)20(28-27-19)26-14-10-21(2,30)11-14/h1,4-9,14,29-30H,10-11H2,2H3,(H,26,28). The molecule has 4 rings (SSSR count). The second-order valence-electron chi connectivity index (χ2n) is 7.78. The molecule has 1 aliphatic rings. The van der Waals surface area contributed by atoms with Crippen LogP contribution in [0.25, 0.3) is 22.0 Å². The number of phenolic OH excluding ortho intramolecular Hbond substituents is 1. The molecule has 0 bridgehead atoms. The minimum Gasteiger partial charge on any atom is -0.507 e. The van der Waals surface area contributed by atoms with Crippen molar-refractivity contribution in [2.75, 3.05) is 5.32 Å². The molecule has 3 N–H and O–H groups in total. The number of aliphatic hydroxyl groups is 1. The Morgan fingerprint density at radius 1 is 1.13 bits per heavy atom. The molecule has 0 aliphatic heterocycles. The highest BCUT2D eigenvalue weighted by Crippen LogP contribution is 2.40. The van der Waals surface area contributed by atoms with E-state index in [2.05, 4.69) is 21.4 Å². The van der Waals surface area contributed by atoms with Crippen LogP contribution in [0.15, 0.2) is 36.4 Å². The Morgan fingerprint density at radius 2 is 1.87 bits per heavy atom. The number of benzene rings is 2. The van der Waals surface area contributed by atoms with Crippen molar-refractivity contribution in [3.8, 4) is 29.4 Å². The fraction of sp³-hybridized carbons (Fsp3) is 0.273. The Morgan fingerprint density at radius 3 is 2.47 bits per heavy atom. The molecule has 0 atom stereocenters. The average molecular weight is 413 g/mol. The molecular formula is C22H18F3N3O2. The van der Waals surface area contributed by atoms with E-state index in [-0.39, 0.29) is 28.7 Å². The van der Waals surface area contributed by atoms with Gasteiger partial charge < -0.3 is 15.5 Å². The van der Waals surface area contributed by atoms with Crippen LogP contribution in [-0.2, 0) is 6.18 Å². The van der Waals surface area contributed by atoms with Gasteiger partial charge in [0.25, 0.3) is 0 Å². The Balaban J connectivity index is 1.85. The second-order valence-corrected chi connectivity index (χ2v) is 7.78. The van der Waals surface area contributed by atoms with Crippen molar-refractivity contribution in [2.45, 2.75) is 37.6 Å². The van der Waals surface area contributed by atoms with Crippen LogP contribution in [0.4, 0.5) is 19.0 Å². The molecule has 0 radical (unpaired) electrons. The molecule has 5 nitrogen and oxygen atoms in total. The normalized spacial score (nSPS) is 21.1. The quantitative estimate of drug-likeness (QED) is 0.557. The van der Waals surface area contributed by atoms with E-state index in [0.717, 1.165) is 12.1 Å². The molecule has 1 saturated carbocycles. The Kier molecular flexibility index (Phi) is 4.59. The number of nitrogens with one attached hydrogen (secondary N) is 1. The van der Waals surface area contributed by atoms with Crippen LogP contribution >= 0.6 is 0 Å². The van der Waals surface area contributed by atoms with Crippen molar-refractivity contribution in [3.05, 3.63) is 47.5 Å². The van der Waals surface area contributed by atoms with Crippen LogP contribution in [-0.4, -0.2) is 32.1 Å². The Labute approximate surface area is 170 Å². The first kappa shape index (κ1) is 20.0. The summed E-state index contributed by atoms with van der Waals surface area (Å²) in [6, 6.07) is 7.73. The minimum atomic E-state index is -4.52. The molecule has 1 aromatic heterocycles. The lowest BCUT2D eigenvalue weighted by Crippen LogP contribution is -2.48. The van der Waals surface area contributed by atoms with Crippen molar-refractivity contribution in [2.24, 2.45) is 0 Å². The van der Waals surface area contributed by atoms with Gasteiger partial charge in [-0.25, -0.2) is 0 Å². The van der Waals surface area contributed by atoms with Crippen molar-refractivity contribution >= 4 is 16.6 Å². The first-order valence-electron chi connectivity index (χ1n) is 9.24. The SMILES string of the molecule is C#Cc1ccc(-c2nnc(NC3CC(C)(O)C3)c3cc(C(F)(F)F)ccc23)c(O)c1. The number of nitrogens with zero attached hydrogens (tertiary/aromatic N) is 2. The average Bonchev–Trinajstić information content (AvgIpc) is 2.66. The van der Waals surface area contributed by atoms with Gasteiger partial charge in [0.1, 0.15) is 11.4 Å². The molecular weight excluding hydrogens is 395 g/mol. The summed E-state index contributed by atoms with van der Waals surface area (Å²) in [6.07, 6.45) is 1.71. The van der Waals surface area contributed by atoms with Gasteiger partial charge in [-0.1, -0.05) is 12.0 Å². The fourth-order valence-electron chi connectivity index (χ4n) is 3.76. The molecule has 8 heteroatoms. The van der Waals surface area contributed by atoms with Crippen molar-refractivity contribution in [1.29, 1.82) is 0 Å². The number of aromatic nitrogens is 2. The van der Waals surface area contributed by atoms with E-state index < -0.39 is 17.3 Å². The summed E-state index contributed by atoms with van der Waals surface area (Å²) in [5.74, 6) is 2.46. The van der Waals surface area contributed by atoms with Gasteiger partial charge in [-0.15, -0.1) is 16.6 Å². The van der Waals surface area contributed by atoms with Crippen LogP contribution in [0.1, 0.15) is 30.9 Å². The zero-order valence-electron chi connectivity index (χ0n) is 16.0. The highest BCUT2D eigenvalue weighted by atomic mass is 19.4. The topological polar surface area (TPSA) is 78.3 Å². The number of aromatic hydroxyl groups is 1. The predicted octanol–water partition coefficient (Wildman–Crippen LogP) is 4.33. The smallest absolute Gasteiger partial charge is 0.416 e. The van der Waals surface area contributed by atoms with E-state index >= 15 is 0 Å². The minimum absolute atomic E-state index is 0.124. The molecule has 3 aromatic rings. The second kappa shape index (κ2) is 6.89. The summed E-state index contributed by atoms with van der Waals surface area (Å²) < 4.78 is 39.9. The van der Waals surface area contributed by atoms with E-state index in [9.17, 15) is 23.4 Å². The monoisotopic (exact) mass is 413 g/mol. The van der Waals surface area contributed by atoms with Crippen LogP contribution in [0, 0.1) is 12.3 Å². The van der Waals surface area contributed by atoms with Gasteiger partial charge in [0.05, 0.1) is 11.2 Å². The number of halogens is 3. The van der Waals surface area contributed by atoms with Crippen molar-refractivity contribution < 1.29 is 23.4 Å². The lowest BCUT2D eigenvalue weighted by atomic mass is 9.77. The third kappa shape index (κ3) is 3.64. The summed E-state index contributed by atoms with van der Waals surface area (Å²) in [4.78, 5) is 0. The van der Waals surface area contributed by atoms with Gasteiger partial charge in [-0.3, -0.25) is 0 Å². The number of terminal acetylenes is 1. The van der Waals surface area contributed by atoms with E-state index in [4.69, 9.17) is 6.42 Å².